The summed E-state index contributed by atoms with van der Waals surface area (Å²) in [5.41, 5.74) is 0.755. The minimum atomic E-state index is -1.11. The zero-order valence-corrected chi connectivity index (χ0v) is 21.0. The number of hydrogen-bond acceptors (Lipinski definition) is 5. The van der Waals surface area contributed by atoms with Crippen molar-refractivity contribution in [3.05, 3.63) is 85.2 Å². The van der Waals surface area contributed by atoms with Crippen LogP contribution in [0.5, 0.6) is 5.75 Å². The van der Waals surface area contributed by atoms with E-state index in [1.165, 1.54) is 18.4 Å². The van der Waals surface area contributed by atoms with Crippen LogP contribution in [0.25, 0.3) is 0 Å². The molecule has 0 aliphatic carbocycles. The molecule has 3 aromatic rings. The van der Waals surface area contributed by atoms with Gasteiger partial charge in [0.1, 0.15) is 5.75 Å². The van der Waals surface area contributed by atoms with Crippen LogP contribution in [0.4, 0.5) is 5.69 Å². The highest BCUT2D eigenvalue weighted by molar-refractivity contribution is 6.30. The van der Waals surface area contributed by atoms with Crippen molar-refractivity contribution in [3.8, 4) is 5.75 Å². The molecule has 9 nitrogen and oxygen atoms in total. The summed E-state index contributed by atoms with van der Waals surface area (Å²) in [6, 6.07) is 11.4. The maximum atomic E-state index is 13.5. The van der Waals surface area contributed by atoms with Gasteiger partial charge in [0, 0.05) is 5.02 Å². The smallest absolute Gasteiger partial charge is 0.335 e. The molecule has 186 valence electrons. The standard InChI is InChI=1S/C25H29ClN4O5/c1-14(2)35-21-11-10-20(12-15(21)3)27-23-28-24(33)30(17(5)16(4)22(31)32)25(34)29(23)13-18-6-8-19(26)9-7-18/h6-12,14,16-17H,13H2,1-5H3,(H,31,32)(H,27,28,33)/t16-,17+/m1/s1. The summed E-state index contributed by atoms with van der Waals surface area (Å²) in [7, 11) is 0. The van der Waals surface area contributed by atoms with Crippen molar-refractivity contribution in [1.29, 1.82) is 0 Å². The topological polar surface area (TPSA) is 119 Å². The largest absolute Gasteiger partial charge is 0.491 e. The van der Waals surface area contributed by atoms with Gasteiger partial charge in [-0.15, -0.1) is 0 Å². The quantitative estimate of drug-likeness (QED) is 0.489. The predicted molar refractivity (Wildman–Crippen MR) is 134 cm³/mol. The molecule has 1 aromatic heterocycles. The Morgan fingerprint density at radius 2 is 1.77 bits per heavy atom. The number of carbonyl (C=O) groups is 1. The van der Waals surface area contributed by atoms with Crippen molar-refractivity contribution in [2.45, 2.75) is 53.3 Å². The van der Waals surface area contributed by atoms with Crippen LogP contribution in [0.2, 0.25) is 5.02 Å². The van der Waals surface area contributed by atoms with Crippen LogP contribution in [0, 0.1) is 12.8 Å². The van der Waals surface area contributed by atoms with E-state index in [0.717, 1.165) is 15.7 Å². The van der Waals surface area contributed by atoms with Crippen LogP contribution >= 0.6 is 11.6 Å². The number of aliphatic carboxylic acids is 1. The van der Waals surface area contributed by atoms with Crippen molar-refractivity contribution in [2.24, 2.45) is 10.9 Å². The lowest BCUT2D eigenvalue weighted by Gasteiger charge is -2.19. The van der Waals surface area contributed by atoms with E-state index in [0.29, 0.717) is 16.5 Å². The molecule has 3 rings (SSSR count). The van der Waals surface area contributed by atoms with E-state index >= 15 is 0 Å². The van der Waals surface area contributed by atoms with Gasteiger partial charge in [0.2, 0.25) is 5.62 Å². The number of aryl methyl sites for hydroxylation is 1. The second-order valence-electron chi connectivity index (χ2n) is 8.71. The molecular weight excluding hydrogens is 472 g/mol. The van der Waals surface area contributed by atoms with Gasteiger partial charge in [-0.05, 0) is 76.1 Å². The Kier molecular flexibility index (Phi) is 8.01. The maximum absolute atomic E-state index is 13.5. The Morgan fingerprint density at radius 1 is 1.11 bits per heavy atom. The van der Waals surface area contributed by atoms with Gasteiger partial charge in [-0.25, -0.2) is 19.1 Å². The van der Waals surface area contributed by atoms with Crippen LogP contribution in [0.1, 0.15) is 44.9 Å². The maximum Gasteiger partial charge on any atom is 0.335 e. The molecule has 0 bridgehead atoms. The highest BCUT2D eigenvalue weighted by atomic mass is 35.5. The Morgan fingerprint density at radius 3 is 2.34 bits per heavy atom. The zero-order valence-electron chi connectivity index (χ0n) is 20.3. The summed E-state index contributed by atoms with van der Waals surface area (Å²) < 4.78 is 7.99. The minimum absolute atomic E-state index is 0.0113. The number of carboxylic acids is 1. The predicted octanol–water partition coefficient (Wildman–Crippen LogP) is 3.65. The zero-order chi connectivity index (χ0) is 25.9. The molecule has 2 aromatic carbocycles. The molecule has 0 fully saturated rings. The second kappa shape index (κ2) is 10.8. The number of H-pyrrole nitrogens is 1. The number of nitrogens with one attached hydrogen (secondary N) is 1. The summed E-state index contributed by atoms with van der Waals surface area (Å²) >= 11 is 5.99. The molecule has 0 saturated heterocycles. The minimum Gasteiger partial charge on any atom is -0.491 e. The molecule has 1 heterocycles. The number of nitrogens with zero attached hydrogens (tertiary/aromatic N) is 3. The van der Waals surface area contributed by atoms with E-state index in [2.05, 4.69) is 9.98 Å². The fraction of sp³-hybridized carbons (Fsp3) is 0.360. The van der Waals surface area contributed by atoms with E-state index in [4.69, 9.17) is 16.3 Å². The second-order valence-corrected chi connectivity index (χ2v) is 9.15. The molecule has 0 aliphatic heterocycles. The Balaban J connectivity index is 2.21. The number of aromatic nitrogens is 3. The van der Waals surface area contributed by atoms with Crippen molar-refractivity contribution in [1.82, 2.24) is 14.1 Å². The van der Waals surface area contributed by atoms with Gasteiger partial charge in [-0.2, -0.15) is 0 Å². The van der Waals surface area contributed by atoms with Crippen molar-refractivity contribution >= 4 is 23.3 Å². The SMILES string of the molecule is Cc1cc(/N=c2\[nH]c(=O)n([C@@H](C)[C@@H](C)C(=O)O)c(=O)n2Cc2ccc(Cl)cc2)ccc1OC(C)C. The number of hydrogen-bond donors (Lipinski definition) is 2. The highest BCUT2D eigenvalue weighted by Crippen LogP contribution is 2.24. The van der Waals surface area contributed by atoms with Crippen LogP contribution < -0.4 is 21.7 Å². The molecule has 10 heteroatoms. The third-order valence-corrected chi connectivity index (χ3v) is 5.91. The Hall–Kier alpha value is -3.59. The van der Waals surface area contributed by atoms with E-state index in [1.807, 2.05) is 20.8 Å². The van der Waals surface area contributed by atoms with Gasteiger partial charge in [0.15, 0.2) is 0 Å². The summed E-state index contributed by atoms with van der Waals surface area (Å²) in [5.74, 6) is -1.36. The van der Waals surface area contributed by atoms with Gasteiger partial charge in [0.05, 0.1) is 30.3 Å². The third-order valence-electron chi connectivity index (χ3n) is 5.66. The molecule has 0 spiro atoms. The normalized spacial score (nSPS) is 13.6. The lowest BCUT2D eigenvalue weighted by molar-refractivity contribution is -0.142. The summed E-state index contributed by atoms with van der Waals surface area (Å²) in [5, 5.41) is 9.95. The lowest BCUT2D eigenvalue weighted by atomic mass is 10.0. The van der Waals surface area contributed by atoms with E-state index in [1.54, 1.807) is 42.5 Å². The Labute approximate surface area is 207 Å². The van der Waals surface area contributed by atoms with Gasteiger partial charge in [-0.1, -0.05) is 23.7 Å². The number of rotatable bonds is 8. The molecule has 0 aliphatic rings. The molecule has 0 amide bonds. The van der Waals surface area contributed by atoms with E-state index < -0.39 is 29.3 Å². The monoisotopic (exact) mass is 500 g/mol. The summed E-state index contributed by atoms with van der Waals surface area (Å²) in [6.07, 6.45) is 0.0113. The number of benzene rings is 2. The molecule has 2 atom stereocenters. The first-order valence-electron chi connectivity index (χ1n) is 11.2. The van der Waals surface area contributed by atoms with Crippen LogP contribution in [0.3, 0.4) is 0 Å². The first-order valence-corrected chi connectivity index (χ1v) is 11.6. The number of carboxylic acid groups (broad SMARTS) is 1. The van der Waals surface area contributed by atoms with Crippen LogP contribution in [0.15, 0.2) is 57.0 Å². The first kappa shape index (κ1) is 26.0. The van der Waals surface area contributed by atoms with Gasteiger partial charge in [0.25, 0.3) is 0 Å². The fourth-order valence-corrected chi connectivity index (χ4v) is 3.66. The van der Waals surface area contributed by atoms with Gasteiger partial charge >= 0.3 is 17.3 Å². The first-order chi connectivity index (χ1) is 16.5. The summed E-state index contributed by atoms with van der Waals surface area (Å²) in [6.45, 7) is 8.81. The average molecular weight is 501 g/mol. The fourth-order valence-electron chi connectivity index (χ4n) is 3.53. The van der Waals surface area contributed by atoms with Gasteiger partial charge in [-0.3, -0.25) is 14.3 Å². The van der Waals surface area contributed by atoms with Crippen molar-refractivity contribution in [2.75, 3.05) is 0 Å². The van der Waals surface area contributed by atoms with E-state index in [-0.39, 0.29) is 18.3 Å². The van der Waals surface area contributed by atoms with Gasteiger partial charge < -0.3 is 9.84 Å². The number of aromatic amines is 1. The molecular formula is C25H29ClN4O5. The highest BCUT2D eigenvalue weighted by Gasteiger charge is 2.25. The third kappa shape index (κ3) is 6.10. The number of halogens is 1. The average Bonchev–Trinajstić information content (AvgIpc) is 2.78. The molecule has 0 unspecified atom stereocenters. The molecule has 35 heavy (non-hydrogen) atoms. The molecule has 2 N–H and O–H groups in total. The van der Waals surface area contributed by atoms with Crippen molar-refractivity contribution in [3.63, 3.8) is 0 Å². The van der Waals surface area contributed by atoms with E-state index in [9.17, 15) is 19.5 Å². The lowest BCUT2D eigenvalue weighted by Crippen LogP contribution is -2.52. The summed E-state index contributed by atoms with van der Waals surface area (Å²) in [4.78, 5) is 45.1. The van der Waals surface area contributed by atoms with Crippen LogP contribution in [-0.2, 0) is 11.3 Å². The van der Waals surface area contributed by atoms with Crippen molar-refractivity contribution < 1.29 is 14.6 Å². The number of ether oxygens (including phenoxy) is 1. The molecule has 0 radical (unpaired) electrons. The van der Waals surface area contributed by atoms with Crippen LogP contribution in [-0.4, -0.2) is 31.3 Å². The molecule has 0 saturated carbocycles. The Bertz CT molecular complexity index is 1400.